The summed E-state index contributed by atoms with van der Waals surface area (Å²) in [5.41, 5.74) is 4.16. The molecule has 0 atom stereocenters. The summed E-state index contributed by atoms with van der Waals surface area (Å²) in [4.78, 5) is 7.16. The Labute approximate surface area is 170 Å². The van der Waals surface area contributed by atoms with Crippen LogP contribution in [0.1, 0.15) is 17.5 Å². The number of hydrogen-bond donors (Lipinski definition) is 0. The zero-order valence-corrected chi connectivity index (χ0v) is 17.5. The van der Waals surface area contributed by atoms with Gasteiger partial charge in [-0.15, -0.1) is 0 Å². The third-order valence-electron chi connectivity index (χ3n) is 5.15. The average molecular weight is 416 g/mol. The highest BCUT2D eigenvalue weighted by molar-refractivity contribution is 7.89. The van der Waals surface area contributed by atoms with E-state index in [0.717, 1.165) is 47.1 Å². The molecule has 28 heavy (non-hydrogen) atoms. The summed E-state index contributed by atoms with van der Waals surface area (Å²) >= 11 is 6.32. The molecule has 5 nitrogen and oxygen atoms in total. The summed E-state index contributed by atoms with van der Waals surface area (Å²) in [5.74, 6) is 0. The van der Waals surface area contributed by atoms with Crippen molar-refractivity contribution in [2.24, 2.45) is 0 Å². The zero-order valence-electron chi connectivity index (χ0n) is 15.9. The van der Waals surface area contributed by atoms with Gasteiger partial charge >= 0.3 is 0 Å². The lowest BCUT2D eigenvalue weighted by Crippen LogP contribution is -2.29. The largest absolute Gasteiger partial charge is 0.367 e. The van der Waals surface area contributed by atoms with Crippen molar-refractivity contribution in [2.75, 3.05) is 25.5 Å². The molecule has 1 aliphatic heterocycles. The molecule has 2 heterocycles. The topological polar surface area (TPSA) is 53.5 Å². The molecule has 146 valence electrons. The number of nitrogens with zero attached hydrogens (tertiary/aromatic N) is 3. The second-order valence-corrected chi connectivity index (χ2v) is 9.83. The first-order valence-corrected chi connectivity index (χ1v) is 11.0. The van der Waals surface area contributed by atoms with Crippen molar-refractivity contribution in [1.29, 1.82) is 0 Å². The second kappa shape index (κ2) is 7.35. The quantitative estimate of drug-likeness (QED) is 0.644. The van der Waals surface area contributed by atoms with Crippen LogP contribution in [0.15, 0.2) is 53.6 Å². The Bertz CT molecular complexity index is 1150. The van der Waals surface area contributed by atoms with E-state index in [4.69, 9.17) is 11.6 Å². The molecule has 1 aliphatic rings. The van der Waals surface area contributed by atoms with E-state index in [9.17, 15) is 8.42 Å². The van der Waals surface area contributed by atoms with Gasteiger partial charge in [0.1, 0.15) is 0 Å². The number of fused-ring (bicyclic) bond motifs is 2. The lowest BCUT2D eigenvalue weighted by molar-refractivity contribution is 0.520. The summed E-state index contributed by atoms with van der Waals surface area (Å²) in [6.45, 7) is 1.59. The van der Waals surface area contributed by atoms with Gasteiger partial charge in [-0.1, -0.05) is 17.7 Å². The Morgan fingerprint density at radius 2 is 2.00 bits per heavy atom. The summed E-state index contributed by atoms with van der Waals surface area (Å²) in [5, 5.41) is 1.72. The number of rotatable bonds is 4. The maximum atomic E-state index is 12.5. The molecule has 3 aromatic rings. The Hall–Kier alpha value is -2.15. The van der Waals surface area contributed by atoms with Crippen LogP contribution in [0.25, 0.3) is 10.9 Å². The molecule has 0 saturated heterocycles. The first-order valence-electron chi connectivity index (χ1n) is 9.20. The molecular formula is C21H22ClN3O2S. The van der Waals surface area contributed by atoms with E-state index in [1.54, 1.807) is 26.4 Å². The van der Waals surface area contributed by atoms with Crippen molar-refractivity contribution < 1.29 is 8.42 Å². The van der Waals surface area contributed by atoms with Crippen molar-refractivity contribution in [3.05, 3.63) is 64.8 Å². The molecule has 4 rings (SSSR count). The predicted octanol–water partition coefficient (Wildman–Crippen LogP) is 4.09. The van der Waals surface area contributed by atoms with Gasteiger partial charge in [-0.2, -0.15) is 0 Å². The van der Waals surface area contributed by atoms with Crippen LogP contribution in [0.3, 0.4) is 0 Å². The molecular weight excluding hydrogens is 394 g/mol. The molecule has 0 N–H and O–H groups in total. The van der Waals surface area contributed by atoms with Crippen LogP contribution in [0.5, 0.6) is 0 Å². The van der Waals surface area contributed by atoms with E-state index in [1.807, 2.05) is 36.4 Å². The molecule has 0 unspecified atom stereocenters. The van der Waals surface area contributed by atoms with Crippen LogP contribution in [0.2, 0.25) is 5.02 Å². The van der Waals surface area contributed by atoms with Crippen molar-refractivity contribution in [1.82, 2.24) is 9.29 Å². The number of sulfonamides is 1. The van der Waals surface area contributed by atoms with Gasteiger partial charge < -0.3 is 4.90 Å². The first kappa shape index (κ1) is 19.2. The fraction of sp³-hybridized carbons (Fsp3) is 0.286. The van der Waals surface area contributed by atoms with E-state index in [0.29, 0.717) is 16.5 Å². The normalized spacial score (nSPS) is 14.5. The van der Waals surface area contributed by atoms with Crippen molar-refractivity contribution in [2.45, 2.75) is 24.3 Å². The van der Waals surface area contributed by atoms with E-state index in [2.05, 4.69) is 9.88 Å². The van der Waals surface area contributed by atoms with Gasteiger partial charge in [0.25, 0.3) is 0 Å². The molecule has 2 aromatic carbocycles. The molecule has 0 saturated carbocycles. The second-order valence-electron chi connectivity index (χ2n) is 7.24. The van der Waals surface area contributed by atoms with Crippen LogP contribution in [-0.4, -0.2) is 38.3 Å². The highest BCUT2D eigenvalue weighted by Gasteiger charge is 2.23. The molecule has 0 aliphatic carbocycles. The number of benzene rings is 2. The number of aryl methyl sites for hydroxylation is 1. The van der Waals surface area contributed by atoms with Crippen LogP contribution < -0.4 is 4.90 Å². The van der Waals surface area contributed by atoms with Crippen LogP contribution >= 0.6 is 11.6 Å². The molecule has 0 spiro atoms. The van der Waals surface area contributed by atoms with Gasteiger partial charge in [0, 0.05) is 49.5 Å². The number of pyridine rings is 1. The highest BCUT2D eigenvalue weighted by atomic mass is 35.5. The van der Waals surface area contributed by atoms with Crippen LogP contribution in [0.4, 0.5) is 5.69 Å². The third kappa shape index (κ3) is 3.48. The Balaban J connectivity index is 1.72. The van der Waals surface area contributed by atoms with Gasteiger partial charge in [0.2, 0.25) is 10.0 Å². The number of halogens is 1. The zero-order chi connectivity index (χ0) is 19.9. The number of anilines is 1. The number of aromatic nitrogens is 1. The first-order chi connectivity index (χ1) is 13.4. The fourth-order valence-electron chi connectivity index (χ4n) is 3.74. The molecule has 1 aromatic heterocycles. The SMILES string of the molecule is CN(C)S(=O)(=O)c1ccc2c(c1)CCCN2Cc1cc(Cl)cc2cccnc12. The standard InChI is InChI=1S/C21H22ClN3O2S/c1-24(2)28(26,27)19-7-8-20-15(13-19)6-4-10-25(20)14-17-12-18(22)11-16-5-3-9-23-21(16)17/h3,5,7-9,11-13H,4,6,10,14H2,1-2H3. The van der Waals surface area contributed by atoms with Crippen LogP contribution in [-0.2, 0) is 23.0 Å². The third-order valence-corrected chi connectivity index (χ3v) is 7.18. The number of hydrogen-bond acceptors (Lipinski definition) is 4. The van der Waals surface area contributed by atoms with Gasteiger partial charge in [-0.05, 0) is 60.4 Å². The highest BCUT2D eigenvalue weighted by Crippen LogP contribution is 2.32. The van der Waals surface area contributed by atoms with E-state index >= 15 is 0 Å². The van der Waals surface area contributed by atoms with Crippen molar-refractivity contribution >= 4 is 38.2 Å². The predicted molar refractivity (Wildman–Crippen MR) is 113 cm³/mol. The minimum Gasteiger partial charge on any atom is -0.367 e. The fourth-order valence-corrected chi connectivity index (χ4v) is 4.94. The maximum absolute atomic E-state index is 12.5. The van der Waals surface area contributed by atoms with Crippen LogP contribution in [0, 0.1) is 0 Å². The molecule has 7 heteroatoms. The van der Waals surface area contributed by atoms with Gasteiger partial charge in [-0.25, -0.2) is 12.7 Å². The smallest absolute Gasteiger partial charge is 0.242 e. The minimum absolute atomic E-state index is 0.341. The summed E-state index contributed by atoms with van der Waals surface area (Å²) in [7, 11) is -0.326. The molecule has 0 amide bonds. The Morgan fingerprint density at radius 1 is 1.18 bits per heavy atom. The van der Waals surface area contributed by atoms with Gasteiger partial charge in [0.05, 0.1) is 10.4 Å². The Morgan fingerprint density at radius 3 is 2.79 bits per heavy atom. The lowest BCUT2D eigenvalue weighted by atomic mass is 10.0. The van der Waals surface area contributed by atoms with E-state index in [-0.39, 0.29) is 0 Å². The molecule has 0 fully saturated rings. The van der Waals surface area contributed by atoms with E-state index < -0.39 is 10.0 Å². The van der Waals surface area contributed by atoms with Crippen molar-refractivity contribution in [3.63, 3.8) is 0 Å². The summed E-state index contributed by atoms with van der Waals surface area (Å²) in [6.07, 6.45) is 3.64. The summed E-state index contributed by atoms with van der Waals surface area (Å²) in [6, 6.07) is 13.2. The monoisotopic (exact) mass is 415 g/mol. The minimum atomic E-state index is -3.43. The maximum Gasteiger partial charge on any atom is 0.242 e. The van der Waals surface area contributed by atoms with E-state index in [1.165, 1.54) is 4.31 Å². The van der Waals surface area contributed by atoms with Gasteiger partial charge in [0.15, 0.2) is 0 Å². The molecule has 0 radical (unpaired) electrons. The molecule has 0 bridgehead atoms. The lowest BCUT2D eigenvalue weighted by Gasteiger charge is -2.32. The van der Waals surface area contributed by atoms with Crippen molar-refractivity contribution in [3.8, 4) is 0 Å². The van der Waals surface area contributed by atoms with Gasteiger partial charge in [-0.3, -0.25) is 4.98 Å². The summed E-state index contributed by atoms with van der Waals surface area (Å²) < 4.78 is 26.2. The average Bonchev–Trinajstić information content (AvgIpc) is 2.67. The Kier molecular flexibility index (Phi) is 5.04.